The molecule has 0 unspecified atom stereocenters. The molecule has 1 saturated carbocycles. The summed E-state index contributed by atoms with van der Waals surface area (Å²) in [7, 11) is 0. The Morgan fingerprint density at radius 2 is 1.79 bits per heavy atom. The van der Waals surface area contributed by atoms with Crippen molar-refractivity contribution in [3.8, 4) is 5.69 Å². The van der Waals surface area contributed by atoms with Crippen LogP contribution in [0.4, 0.5) is 10.2 Å². The Morgan fingerprint density at radius 1 is 1.05 bits per heavy atom. The molecule has 2 aliphatic rings. The van der Waals surface area contributed by atoms with Gasteiger partial charge in [0.2, 0.25) is 0 Å². The second-order valence-electron chi connectivity index (χ2n) is 10.7. The molecule has 2 fully saturated rings. The smallest absolute Gasteiger partial charge is 0.254 e. The number of halogens is 1. The highest BCUT2D eigenvalue weighted by atomic mass is 19.1. The normalized spacial score (nSPS) is 16.2. The van der Waals surface area contributed by atoms with Gasteiger partial charge >= 0.3 is 0 Å². The molecule has 0 N–H and O–H groups in total. The van der Waals surface area contributed by atoms with Crippen molar-refractivity contribution < 1.29 is 9.18 Å². The van der Waals surface area contributed by atoms with Gasteiger partial charge in [0.15, 0.2) is 0 Å². The van der Waals surface area contributed by atoms with Crippen LogP contribution in [0, 0.1) is 12.7 Å². The van der Waals surface area contributed by atoms with Gasteiger partial charge in [-0.15, -0.1) is 0 Å². The molecule has 1 saturated heterocycles. The third-order valence-corrected chi connectivity index (χ3v) is 7.93. The molecule has 1 aromatic heterocycles. The van der Waals surface area contributed by atoms with Crippen molar-refractivity contribution in [2.24, 2.45) is 0 Å². The van der Waals surface area contributed by atoms with Crippen LogP contribution in [0.2, 0.25) is 0 Å². The zero-order chi connectivity index (χ0) is 26.6. The highest BCUT2D eigenvalue weighted by molar-refractivity contribution is 5.94. The number of likely N-dealkylation sites (N-methyl/N-ethyl adjacent to an activating group) is 1. The lowest BCUT2D eigenvalue weighted by atomic mass is 10.1. The average Bonchev–Trinajstić information content (AvgIpc) is 3.73. The van der Waals surface area contributed by atoms with E-state index < -0.39 is 0 Å². The fourth-order valence-electron chi connectivity index (χ4n) is 5.41. The minimum atomic E-state index is -0.281. The van der Waals surface area contributed by atoms with Gasteiger partial charge in [0.1, 0.15) is 11.6 Å². The summed E-state index contributed by atoms with van der Waals surface area (Å²) >= 11 is 0. The summed E-state index contributed by atoms with van der Waals surface area (Å²) in [5, 5.41) is 4.90. The summed E-state index contributed by atoms with van der Waals surface area (Å²) < 4.78 is 16.1. The van der Waals surface area contributed by atoms with E-state index in [4.69, 9.17) is 5.10 Å². The largest absolute Gasteiger partial charge is 0.354 e. The number of piperazine rings is 1. The van der Waals surface area contributed by atoms with Crippen LogP contribution in [0.3, 0.4) is 0 Å². The van der Waals surface area contributed by atoms with Gasteiger partial charge in [-0.1, -0.05) is 38.5 Å². The SMILES string of the molecule is CCCCc1ccc(C(=O)N(Cc2c(C)nn(-c3cccc(F)c3)c2N2CCN(CC)CC2)C2CC2)cc1. The number of nitrogens with zero attached hydrogens (tertiary/aromatic N) is 5. The minimum absolute atomic E-state index is 0.0780. The highest BCUT2D eigenvalue weighted by Crippen LogP contribution is 2.35. The third-order valence-electron chi connectivity index (χ3n) is 7.93. The molecule has 0 spiro atoms. The molecular formula is C31H40FN5O. The summed E-state index contributed by atoms with van der Waals surface area (Å²) in [4.78, 5) is 20.6. The number of benzene rings is 2. The van der Waals surface area contributed by atoms with Crippen LogP contribution in [0.5, 0.6) is 0 Å². The van der Waals surface area contributed by atoms with Gasteiger partial charge in [-0.2, -0.15) is 5.10 Å². The maximum Gasteiger partial charge on any atom is 0.254 e. The zero-order valence-corrected chi connectivity index (χ0v) is 23.0. The number of rotatable bonds is 10. The van der Waals surface area contributed by atoms with E-state index in [9.17, 15) is 9.18 Å². The van der Waals surface area contributed by atoms with Crippen molar-refractivity contribution >= 4 is 11.7 Å². The molecule has 1 aliphatic carbocycles. The lowest BCUT2D eigenvalue weighted by Crippen LogP contribution is -2.47. The van der Waals surface area contributed by atoms with Gasteiger partial charge in [0.25, 0.3) is 5.91 Å². The Kier molecular flexibility index (Phi) is 8.12. The van der Waals surface area contributed by atoms with E-state index in [1.807, 2.05) is 34.7 Å². The monoisotopic (exact) mass is 517 g/mol. The van der Waals surface area contributed by atoms with Gasteiger partial charge in [-0.3, -0.25) is 4.79 Å². The summed E-state index contributed by atoms with van der Waals surface area (Å²) in [5.74, 6) is 0.780. The molecule has 0 radical (unpaired) electrons. The number of aryl methyl sites for hydroxylation is 2. The zero-order valence-electron chi connectivity index (χ0n) is 23.0. The second-order valence-corrected chi connectivity index (χ2v) is 10.7. The number of hydrogen-bond acceptors (Lipinski definition) is 4. The Hall–Kier alpha value is -3.19. The Labute approximate surface area is 226 Å². The van der Waals surface area contributed by atoms with Crippen molar-refractivity contribution in [1.29, 1.82) is 0 Å². The molecule has 202 valence electrons. The van der Waals surface area contributed by atoms with Crippen LogP contribution in [0.15, 0.2) is 48.5 Å². The maximum absolute atomic E-state index is 14.2. The quantitative estimate of drug-likeness (QED) is 0.351. The molecule has 7 heteroatoms. The van der Waals surface area contributed by atoms with Crippen LogP contribution >= 0.6 is 0 Å². The molecule has 0 atom stereocenters. The first-order valence-corrected chi connectivity index (χ1v) is 14.2. The topological polar surface area (TPSA) is 44.6 Å². The number of aromatic nitrogens is 2. The lowest BCUT2D eigenvalue weighted by molar-refractivity contribution is 0.0730. The molecule has 5 rings (SSSR count). The Morgan fingerprint density at radius 3 is 2.42 bits per heavy atom. The number of carbonyl (C=O) groups is 1. The molecule has 2 aromatic carbocycles. The van der Waals surface area contributed by atoms with E-state index in [1.165, 1.54) is 17.7 Å². The Balaban J connectivity index is 1.47. The van der Waals surface area contributed by atoms with E-state index in [0.717, 1.165) is 87.5 Å². The molecule has 38 heavy (non-hydrogen) atoms. The van der Waals surface area contributed by atoms with E-state index >= 15 is 0 Å². The van der Waals surface area contributed by atoms with Crippen LogP contribution < -0.4 is 4.90 Å². The van der Waals surface area contributed by atoms with Gasteiger partial charge in [-0.25, -0.2) is 9.07 Å². The number of carbonyl (C=O) groups excluding carboxylic acids is 1. The highest BCUT2D eigenvalue weighted by Gasteiger charge is 2.35. The first-order valence-electron chi connectivity index (χ1n) is 14.2. The van der Waals surface area contributed by atoms with Gasteiger partial charge < -0.3 is 14.7 Å². The van der Waals surface area contributed by atoms with Crippen molar-refractivity contribution in [2.45, 2.75) is 65.5 Å². The van der Waals surface area contributed by atoms with Crippen molar-refractivity contribution in [2.75, 3.05) is 37.6 Å². The minimum Gasteiger partial charge on any atom is -0.354 e. The molecule has 6 nitrogen and oxygen atoms in total. The van der Waals surface area contributed by atoms with Crippen molar-refractivity contribution in [3.05, 3.63) is 76.7 Å². The molecule has 3 aromatic rings. The van der Waals surface area contributed by atoms with Crippen LogP contribution in [-0.4, -0.2) is 64.3 Å². The summed E-state index contributed by atoms with van der Waals surface area (Å²) in [6.45, 7) is 11.6. The number of unbranched alkanes of at least 4 members (excludes halogenated alkanes) is 1. The third kappa shape index (κ3) is 5.78. The van der Waals surface area contributed by atoms with Gasteiger partial charge in [-0.05, 0) is 75.0 Å². The van der Waals surface area contributed by atoms with Crippen LogP contribution in [0.25, 0.3) is 5.69 Å². The first-order chi connectivity index (χ1) is 18.5. The fourth-order valence-corrected chi connectivity index (χ4v) is 5.41. The maximum atomic E-state index is 14.2. The number of amides is 1. The molecule has 1 aliphatic heterocycles. The van der Waals surface area contributed by atoms with Crippen molar-refractivity contribution in [1.82, 2.24) is 19.6 Å². The summed E-state index contributed by atoms with van der Waals surface area (Å²) in [5.41, 5.74) is 4.67. The lowest BCUT2D eigenvalue weighted by Gasteiger charge is -2.36. The number of anilines is 1. The van der Waals surface area contributed by atoms with Gasteiger partial charge in [0, 0.05) is 43.3 Å². The molecule has 1 amide bonds. The predicted molar refractivity (Wildman–Crippen MR) is 151 cm³/mol. The van der Waals surface area contributed by atoms with Gasteiger partial charge in [0.05, 0.1) is 17.9 Å². The second kappa shape index (κ2) is 11.7. The van der Waals surface area contributed by atoms with Crippen molar-refractivity contribution in [3.63, 3.8) is 0 Å². The molecule has 0 bridgehead atoms. The molecule has 2 heterocycles. The van der Waals surface area contributed by atoms with Crippen LogP contribution in [0.1, 0.15) is 66.7 Å². The average molecular weight is 518 g/mol. The number of hydrogen-bond donors (Lipinski definition) is 0. The Bertz CT molecular complexity index is 1240. The fraction of sp³-hybridized carbons (Fsp3) is 0.484. The first kappa shape index (κ1) is 26.4. The standard InChI is InChI=1S/C31H40FN5O/c1-4-6-8-24-11-13-25(14-12-24)31(38)36(27-15-16-27)22-29-23(3)33-37(28-10-7-9-26(32)21-28)30(29)35-19-17-34(5-2)18-20-35/h7,9-14,21,27H,4-6,8,15-20,22H2,1-3H3. The van der Waals surface area contributed by atoms with E-state index in [2.05, 4.69) is 35.8 Å². The summed E-state index contributed by atoms with van der Waals surface area (Å²) in [6, 6.07) is 15.0. The molecular weight excluding hydrogens is 477 g/mol. The van der Waals surface area contributed by atoms with E-state index in [-0.39, 0.29) is 17.8 Å². The summed E-state index contributed by atoms with van der Waals surface area (Å²) in [6.07, 6.45) is 5.42. The van der Waals surface area contributed by atoms with E-state index in [0.29, 0.717) is 12.2 Å². The van der Waals surface area contributed by atoms with E-state index in [1.54, 1.807) is 6.07 Å². The van der Waals surface area contributed by atoms with Crippen LogP contribution in [-0.2, 0) is 13.0 Å². The predicted octanol–water partition coefficient (Wildman–Crippen LogP) is 5.61.